The van der Waals surface area contributed by atoms with E-state index in [0.29, 0.717) is 10.2 Å². The van der Waals surface area contributed by atoms with Crippen LogP contribution in [0.1, 0.15) is 12.8 Å². The van der Waals surface area contributed by atoms with Gasteiger partial charge in [-0.25, -0.2) is 8.78 Å². The molecule has 1 fully saturated rings. The highest BCUT2D eigenvalue weighted by Crippen LogP contribution is 2.38. The highest BCUT2D eigenvalue weighted by Gasteiger charge is 2.22. The number of benzene rings is 1. The molecule has 1 saturated heterocycles. The molecule has 5 heteroatoms. The summed E-state index contributed by atoms with van der Waals surface area (Å²) >= 11 is 9.01. The molecular weight excluding hydrogens is 287 g/mol. The molecule has 0 bridgehead atoms. The molecule has 82 valence electrons. The van der Waals surface area contributed by atoms with Gasteiger partial charge in [0.05, 0.1) is 5.69 Å². The molecule has 1 heterocycles. The molecular formula is C10H9BrClF2N. The Morgan fingerprint density at radius 2 is 1.87 bits per heavy atom. The summed E-state index contributed by atoms with van der Waals surface area (Å²) in [6.45, 7) is 1.67. The van der Waals surface area contributed by atoms with Crippen LogP contribution in [-0.4, -0.2) is 13.1 Å². The van der Waals surface area contributed by atoms with E-state index < -0.39 is 11.6 Å². The van der Waals surface area contributed by atoms with Crippen molar-refractivity contribution >= 4 is 33.2 Å². The molecule has 1 aliphatic rings. The normalized spacial score (nSPS) is 16.1. The number of nitrogens with zero attached hydrogens (tertiary/aromatic N) is 1. The van der Waals surface area contributed by atoms with E-state index in [4.69, 9.17) is 11.6 Å². The first-order valence-electron chi connectivity index (χ1n) is 4.69. The van der Waals surface area contributed by atoms with Crippen LogP contribution in [0.2, 0.25) is 5.02 Å². The number of rotatable bonds is 1. The van der Waals surface area contributed by atoms with Gasteiger partial charge in [0, 0.05) is 17.6 Å². The molecule has 1 aromatic rings. The lowest BCUT2D eigenvalue weighted by Gasteiger charge is -2.21. The fourth-order valence-corrected chi connectivity index (χ4v) is 2.86. The molecule has 0 saturated carbocycles. The summed E-state index contributed by atoms with van der Waals surface area (Å²) < 4.78 is 26.8. The zero-order chi connectivity index (χ0) is 11.0. The van der Waals surface area contributed by atoms with Gasteiger partial charge in [0.2, 0.25) is 0 Å². The maximum atomic E-state index is 13.3. The monoisotopic (exact) mass is 295 g/mol. The average Bonchev–Trinajstić information content (AvgIpc) is 2.68. The predicted molar refractivity (Wildman–Crippen MR) is 60.5 cm³/mol. The topological polar surface area (TPSA) is 3.24 Å². The minimum absolute atomic E-state index is 0.135. The molecule has 0 radical (unpaired) electrons. The van der Waals surface area contributed by atoms with Crippen LogP contribution < -0.4 is 4.90 Å². The summed E-state index contributed by atoms with van der Waals surface area (Å²) in [5.74, 6) is -1.89. The van der Waals surface area contributed by atoms with Crippen molar-refractivity contribution in [2.45, 2.75) is 12.8 Å². The Kier molecular flexibility index (Phi) is 3.16. The molecule has 0 spiro atoms. The third-order valence-electron chi connectivity index (χ3n) is 2.51. The molecule has 0 atom stereocenters. The minimum atomic E-state index is -0.971. The van der Waals surface area contributed by atoms with Crippen molar-refractivity contribution in [3.63, 3.8) is 0 Å². The van der Waals surface area contributed by atoms with E-state index in [-0.39, 0.29) is 5.02 Å². The second-order valence-corrected chi connectivity index (χ2v) is 4.74. The van der Waals surface area contributed by atoms with Gasteiger partial charge in [-0.05, 0) is 34.8 Å². The maximum Gasteiger partial charge on any atom is 0.179 e. The van der Waals surface area contributed by atoms with Crippen LogP contribution in [0.4, 0.5) is 14.5 Å². The summed E-state index contributed by atoms with van der Waals surface area (Å²) in [4.78, 5) is 1.97. The van der Waals surface area contributed by atoms with Gasteiger partial charge in [-0.15, -0.1) is 0 Å². The van der Waals surface area contributed by atoms with Crippen molar-refractivity contribution in [2.24, 2.45) is 0 Å². The number of anilines is 1. The molecule has 15 heavy (non-hydrogen) atoms. The van der Waals surface area contributed by atoms with Crippen LogP contribution in [0, 0.1) is 11.6 Å². The quantitative estimate of drug-likeness (QED) is 0.560. The molecule has 0 amide bonds. The fourth-order valence-electron chi connectivity index (χ4n) is 1.79. The summed E-state index contributed by atoms with van der Waals surface area (Å²) in [6.07, 6.45) is 2.11. The third kappa shape index (κ3) is 1.97. The lowest BCUT2D eigenvalue weighted by atomic mass is 10.2. The first-order valence-corrected chi connectivity index (χ1v) is 5.86. The summed E-state index contributed by atoms with van der Waals surface area (Å²) in [5, 5.41) is -0.135. The Morgan fingerprint density at radius 3 is 2.47 bits per heavy atom. The van der Waals surface area contributed by atoms with E-state index in [1.165, 1.54) is 0 Å². The third-order valence-corrected chi connectivity index (χ3v) is 3.46. The van der Waals surface area contributed by atoms with Gasteiger partial charge in [-0.3, -0.25) is 0 Å². The number of hydrogen-bond acceptors (Lipinski definition) is 1. The second-order valence-electron chi connectivity index (χ2n) is 3.51. The van der Waals surface area contributed by atoms with Crippen molar-refractivity contribution in [3.8, 4) is 0 Å². The van der Waals surface area contributed by atoms with Crippen LogP contribution in [0.3, 0.4) is 0 Å². The Labute approximate surface area is 100 Å². The molecule has 1 nitrogen and oxygen atoms in total. The van der Waals surface area contributed by atoms with Crippen molar-refractivity contribution in [1.29, 1.82) is 0 Å². The smallest absolute Gasteiger partial charge is 0.179 e. The van der Waals surface area contributed by atoms with E-state index in [1.54, 1.807) is 0 Å². The van der Waals surface area contributed by atoms with E-state index in [0.717, 1.165) is 32.0 Å². The second kappa shape index (κ2) is 4.26. The van der Waals surface area contributed by atoms with Gasteiger partial charge >= 0.3 is 0 Å². The molecule has 0 N–H and O–H groups in total. The van der Waals surface area contributed by atoms with Crippen LogP contribution in [0.15, 0.2) is 10.5 Å². The van der Waals surface area contributed by atoms with Crippen molar-refractivity contribution in [1.82, 2.24) is 0 Å². The number of halogens is 4. The largest absolute Gasteiger partial charge is 0.369 e. The minimum Gasteiger partial charge on any atom is -0.369 e. The zero-order valence-electron chi connectivity index (χ0n) is 7.86. The predicted octanol–water partition coefficient (Wildman–Crippen LogP) is 3.98. The SMILES string of the molecule is Fc1cc(Br)c(N2CCCC2)c(Cl)c1F. The molecule has 2 rings (SSSR count). The van der Waals surface area contributed by atoms with Gasteiger partial charge in [-0.1, -0.05) is 11.6 Å². The van der Waals surface area contributed by atoms with Crippen LogP contribution in [-0.2, 0) is 0 Å². The Balaban J connectivity index is 2.50. The first-order chi connectivity index (χ1) is 7.11. The molecule has 1 aromatic carbocycles. The maximum absolute atomic E-state index is 13.3. The van der Waals surface area contributed by atoms with Gasteiger partial charge in [0.15, 0.2) is 11.6 Å². The van der Waals surface area contributed by atoms with Gasteiger partial charge in [-0.2, -0.15) is 0 Å². The lowest BCUT2D eigenvalue weighted by molar-refractivity contribution is 0.508. The summed E-state index contributed by atoms with van der Waals surface area (Å²) in [5.41, 5.74) is 0.563. The van der Waals surface area contributed by atoms with Gasteiger partial charge < -0.3 is 4.90 Å². The Bertz CT molecular complexity index is 391. The fraction of sp³-hybridized carbons (Fsp3) is 0.400. The van der Waals surface area contributed by atoms with Crippen LogP contribution in [0.5, 0.6) is 0 Å². The van der Waals surface area contributed by atoms with Crippen LogP contribution >= 0.6 is 27.5 Å². The highest BCUT2D eigenvalue weighted by atomic mass is 79.9. The van der Waals surface area contributed by atoms with E-state index in [9.17, 15) is 8.78 Å². The van der Waals surface area contributed by atoms with Gasteiger partial charge in [0.1, 0.15) is 5.02 Å². The van der Waals surface area contributed by atoms with Crippen molar-refractivity contribution < 1.29 is 8.78 Å². The molecule has 0 aliphatic carbocycles. The average molecular weight is 297 g/mol. The molecule has 0 aromatic heterocycles. The van der Waals surface area contributed by atoms with Crippen LogP contribution in [0.25, 0.3) is 0 Å². The first kappa shape index (κ1) is 11.1. The molecule has 1 aliphatic heterocycles. The number of hydrogen-bond donors (Lipinski definition) is 0. The zero-order valence-corrected chi connectivity index (χ0v) is 10.2. The van der Waals surface area contributed by atoms with E-state index >= 15 is 0 Å². The summed E-state index contributed by atoms with van der Waals surface area (Å²) in [7, 11) is 0. The van der Waals surface area contributed by atoms with Crippen molar-refractivity contribution in [2.75, 3.05) is 18.0 Å². The standard InChI is InChI=1S/C10H9BrClF2N/c11-6-5-7(13)9(14)8(12)10(6)15-3-1-2-4-15/h5H,1-4H2. The van der Waals surface area contributed by atoms with E-state index in [2.05, 4.69) is 15.9 Å². The Morgan fingerprint density at radius 1 is 1.27 bits per heavy atom. The summed E-state index contributed by atoms with van der Waals surface area (Å²) in [6, 6.07) is 1.12. The Hall–Kier alpha value is -0.350. The van der Waals surface area contributed by atoms with Gasteiger partial charge in [0.25, 0.3) is 0 Å². The lowest BCUT2D eigenvalue weighted by Crippen LogP contribution is -2.19. The van der Waals surface area contributed by atoms with Crippen molar-refractivity contribution in [3.05, 3.63) is 27.2 Å². The molecule has 0 unspecified atom stereocenters. The highest BCUT2D eigenvalue weighted by molar-refractivity contribution is 9.10. The van der Waals surface area contributed by atoms with E-state index in [1.807, 2.05) is 4.90 Å².